The number of halogens is 3. The van der Waals surface area contributed by atoms with E-state index in [1.165, 1.54) is 41.6 Å². The lowest BCUT2D eigenvalue weighted by Gasteiger charge is -2.34. The third-order valence-electron chi connectivity index (χ3n) is 7.51. The third-order valence-corrected chi connectivity index (χ3v) is 9.19. The van der Waals surface area contributed by atoms with Crippen LogP contribution in [0.2, 0.25) is 0 Å². The predicted octanol–water partition coefficient (Wildman–Crippen LogP) is 6.82. The SMILES string of the molecule is CC(C)(C)OC(=O)N1CCC[C@H](Nc2ncc(C(F)(F)F)c(-c3cn(S(=O)(=O)c4ccccc4)c4cc(-c5ncco5)ccc34)n2)C1. The quantitative estimate of drug-likeness (QED) is 0.207. The fraction of sp³-hybridized carbons (Fsp3) is 0.312. The summed E-state index contributed by atoms with van der Waals surface area (Å²) in [4.78, 5) is 26.5. The van der Waals surface area contributed by atoms with Crippen LogP contribution in [0, 0.1) is 0 Å². The van der Waals surface area contributed by atoms with Crippen LogP contribution in [-0.4, -0.2) is 63.1 Å². The van der Waals surface area contributed by atoms with Crippen LogP contribution < -0.4 is 5.32 Å². The molecule has 0 saturated carbocycles. The lowest BCUT2D eigenvalue weighted by molar-refractivity contribution is -0.137. The molecule has 1 fully saturated rings. The Balaban J connectivity index is 1.45. The van der Waals surface area contributed by atoms with Crippen molar-refractivity contribution in [1.29, 1.82) is 0 Å². The Morgan fingerprint density at radius 1 is 1.09 bits per heavy atom. The molecule has 47 heavy (non-hydrogen) atoms. The van der Waals surface area contributed by atoms with Crippen LogP contribution in [0.3, 0.4) is 0 Å². The summed E-state index contributed by atoms with van der Waals surface area (Å²) < 4.78 is 82.9. The van der Waals surface area contributed by atoms with Gasteiger partial charge < -0.3 is 19.4 Å². The van der Waals surface area contributed by atoms with Crippen LogP contribution in [0.1, 0.15) is 39.2 Å². The number of anilines is 1. The van der Waals surface area contributed by atoms with Crippen LogP contribution in [0.4, 0.5) is 23.9 Å². The van der Waals surface area contributed by atoms with Gasteiger partial charge in [0, 0.05) is 48.0 Å². The molecule has 1 atom stereocenters. The summed E-state index contributed by atoms with van der Waals surface area (Å²) in [7, 11) is -4.27. The van der Waals surface area contributed by atoms with E-state index in [0.29, 0.717) is 31.1 Å². The Hall–Kier alpha value is -4.92. The van der Waals surface area contributed by atoms with Crippen molar-refractivity contribution in [2.45, 2.75) is 56.3 Å². The van der Waals surface area contributed by atoms with E-state index in [9.17, 15) is 26.4 Å². The highest BCUT2D eigenvalue weighted by Gasteiger charge is 2.37. The van der Waals surface area contributed by atoms with Crippen LogP contribution in [0.15, 0.2) is 82.7 Å². The number of carbonyl (C=O) groups is 1. The maximum Gasteiger partial charge on any atom is 0.419 e. The molecule has 0 spiro atoms. The number of hydrogen-bond acceptors (Lipinski definition) is 9. The first-order valence-electron chi connectivity index (χ1n) is 14.8. The lowest BCUT2D eigenvalue weighted by Crippen LogP contribution is -2.47. The molecule has 1 aliphatic heterocycles. The van der Waals surface area contributed by atoms with Crippen LogP contribution in [0.5, 0.6) is 0 Å². The number of carbonyl (C=O) groups excluding carboxylic acids is 1. The number of benzene rings is 2. The molecule has 246 valence electrons. The number of oxazole rings is 1. The monoisotopic (exact) mass is 668 g/mol. The smallest absolute Gasteiger partial charge is 0.419 e. The van der Waals surface area contributed by atoms with E-state index < -0.39 is 39.2 Å². The third kappa shape index (κ3) is 6.66. The number of aromatic nitrogens is 4. The van der Waals surface area contributed by atoms with Crippen molar-refractivity contribution in [3.8, 4) is 22.7 Å². The first kappa shape index (κ1) is 32.0. The molecule has 4 heterocycles. The summed E-state index contributed by atoms with van der Waals surface area (Å²) in [6, 6.07) is 11.8. The van der Waals surface area contributed by atoms with Gasteiger partial charge in [0.05, 0.1) is 22.3 Å². The fourth-order valence-corrected chi connectivity index (χ4v) is 6.81. The van der Waals surface area contributed by atoms with Crippen molar-refractivity contribution in [2.75, 3.05) is 18.4 Å². The molecule has 0 aliphatic carbocycles. The number of piperidine rings is 1. The average molecular weight is 669 g/mol. The highest BCUT2D eigenvalue weighted by molar-refractivity contribution is 7.90. The van der Waals surface area contributed by atoms with Gasteiger partial charge in [-0.05, 0) is 57.9 Å². The second-order valence-corrected chi connectivity index (χ2v) is 13.9. The number of amides is 1. The van der Waals surface area contributed by atoms with Crippen molar-refractivity contribution < 1.29 is 35.5 Å². The fourth-order valence-electron chi connectivity index (χ4n) is 5.42. The second-order valence-electron chi connectivity index (χ2n) is 12.1. The largest absolute Gasteiger partial charge is 0.445 e. The minimum Gasteiger partial charge on any atom is -0.445 e. The van der Waals surface area contributed by atoms with E-state index in [1.54, 1.807) is 45.0 Å². The molecule has 3 aromatic heterocycles. The van der Waals surface area contributed by atoms with Crippen molar-refractivity contribution >= 4 is 33.0 Å². The van der Waals surface area contributed by atoms with Crippen molar-refractivity contribution in [2.24, 2.45) is 0 Å². The number of nitrogens with zero attached hydrogens (tertiary/aromatic N) is 5. The molecule has 0 bridgehead atoms. The van der Waals surface area contributed by atoms with E-state index in [1.807, 2.05) is 0 Å². The maximum atomic E-state index is 14.5. The van der Waals surface area contributed by atoms with Gasteiger partial charge in [0.25, 0.3) is 10.0 Å². The molecule has 1 N–H and O–H groups in total. The first-order valence-corrected chi connectivity index (χ1v) is 16.2. The summed E-state index contributed by atoms with van der Waals surface area (Å²) in [6.45, 7) is 5.99. The molecule has 1 amide bonds. The Morgan fingerprint density at radius 3 is 2.53 bits per heavy atom. The summed E-state index contributed by atoms with van der Waals surface area (Å²) in [5, 5.41) is 3.27. The van der Waals surface area contributed by atoms with Gasteiger partial charge in [0.2, 0.25) is 11.8 Å². The summed E-state index contributed by atoms with van der Waals surface area (Å²) in [5.74, 6) is 0.1000. The Kier molecular flexibility index (Phi) is 8.20. The summed E-state index contributed by atoms with van der Waals surface area (Å²) >= 11 is 0. The van der Waals surface area contributed by atoms with Crippen LogP contribution in [-0.2, 0) is 20.9 Å². The molecule has 2 aromatic carbocycles. The van der Waals surface area contributed by atoms with Crippen molar-refractivity contribution in [3.05, 3.63) is 78.9 Å². The Morgan fingerprint density at radius 2 is 1.85 bits per heavy atom. The van der Waals surface area contributed by atoms with Gasteiger partial charge in [-0.2, -0.15) is 13.2 Å². The van der Waals surface area contributed by atoms with Gasteiger partial charge in [-0.1, -0.05) is 24.3 Å². The van der Waals surface area contributed by atoms with Gasteiger partial charge in [-0.3, -0.25) is 0 Å². The van der Waals surface area contributed by atoms with Gasteiger partial charge in [0.15, 0.2) is 0 Å². The minimum atomic E-state index is -4.86. The van der Waals surface area contributed by atoms with E-state index in [-0.39, 0.29) is 45.8 Å². The van der Waals surface area contributed by atoms with Crippen molar-refractivity contribution in [3.63, 3.8) is 0 Å². The molecule has 0 radical (unpaired) electrons. The number of ether oxygens (including phenoxy) is 1. The van der Waals surface area contributed by atoms with Gasteiger partial charge in [-0.15, -0.1) is 0 Å². The van der Waals surface area contributed by atoms with Crippen LogP contribution >= 0.6 is 0 Å². The molecule has 11 nitrogen and oxygen atoms in total. The maximum absolute atomic E-state index is 14.5. The zero-order valence-electron chi connectivity index (χ0n) is 25.7. The number of hydrogen-bond donors (Lipinski definition) is 1. The first-order chi connectivity index (χ1) is 22.2. The number of rotatable bonds is 6. The Bertz CT molecular complexity index is 2020. The van der Waals surface area contributed by atoms with Gasteiger partial charge in [0.1, 0.15) is 17.4 Å². The normalized spacial score (nSPS) is 16.0. The van der Waals surface area contributed by atoms with E-state index >= 15 is 0 Å². The van der Waals surface area contributed by atoms with Gasteiger partial charge >= 0.3 is 12.3 Å². The molecular formula is C32H31F3N6O5S. The van der Waals surface area contributed by atoms with E-state index in [0.717, 1.165) is 10.2 Å². The average Bonchev–Trinajstić information content (AvgIpc) is 3.69. The molecule has 0 unspecified atom stereocenters. The summed E-state index contributed by atoms with van der Waals surface area (Å²) in [6.07, 6.45) is 0.475. The molecule has 1 saturated heterocycles. The van der Waals surface area contributed by atoms with E-state index in [4.69, 9.17) is 9.15 Å². The minimum absolute atomic E-state index is 0.0575. The summed E-state index contributed by atoms with van der Waals surface area (Å²) in [5.41, 5.74) is -1.90. The predicted molar refractivity (Wildman–Crippen MR) is 167 cm³/mol. The molecule has 1 aliphatic rings. The molecule has 15 heteroatoms. The van der Waals surface area contributed by atoms with Crippen LogP contribution in [0.25, 0.3) is 33.6 Å². The number of nitrogens with one attached hydrogen (secondary N) is 1. The zero-order valence-corrected chi connectivity index (χ0v) is 26.5. The highest BCUT2D eigenvalue weighted by atomic mass is 32.2. The number of likely N-dealkylation sites (tertiary alicyclic amines) is 1. The molecule has 5 aromatic rings. The van der Waals surface area contributed by atoms with Crippen molar-refractivity contribution in [1.82, 2.24) is 23.8 Å². The number of alkyl halides is 3. The standard InChI is InChI=1S/C32H31F3N6O5S/c1-31(2,3)46-30(42)40-14-7-8-21(18-40)38-29-37-17-25(32(33,34)35)27(39-29)24-19-41(47(43,44)22-9-5-4-6-10-22)26-16-20(11-12-23(24)26)28-36-13-15-45-28/h4-6,9-13,15-17,19,21H,7-8,14,18H2,1-3H3,(H,37,38,39)/t21-/m0/s1. The molecular weight excluding hydrogens is 637 g/mol. The lowest BCUT2D eigenvalue weighted by atomic mass is 10.0. The topological polar surface area (TPSA) is 132 Å². The second kappa shape index (κ2) is 12.0. The Labute approximate surface area is 268 Å². The van der Waals surface area contributed by atoms with E-state index in [2.05, 4.69) is 20.3 Å². The molecule has 6 rings (SSSR count). The zero-order chi connectivity index (χ0) is 33.6. The number of fused-ring (bicyclic) bond motifs is 1. The van der Waals surface area contributed by atoms with Gasteiger partial charge in [-0.25, -0.2) is 32.1 Å². The highest BCUT2D eigenvalue weighted by Crippen LogP contribution is 2.41.